The molecule has 1 unspecified atom stereocenters. The number of hydrogen-bond donors (Lipinski definition) is 0. The van der Waals surface area contributed by atoms with Gasteiger partial charge in [-0.3, -0.25) is 0 Å². The van der Waals surface area contributed by atoms with Gasteiger partial charge in [0.1, 0.15) is 0 Å². The molecule has 156 valence electrons. The maximum atomic E-state index is 2.48. The van der Waals surface area contributed by atoms with Crippen LogP contribution in [0.5, 0.6) is 0 Å². The minimum atomic E-state index is -1.84. The van der Waals surface area contributed by atoms with Crippen molar-refractivity contribution in [1.29, 1.82) is 0 Å². The monoisotopic (exact) mass is 458 g/mol. The topological polar surface area (TPSA) is 0 Å². The third kappa shape index (κ3) is 4.80. The van der Waals surface area contributed by atoms with Gasteiger partial charge in [0.25, 0.3) is 0 Å². The van der Waals surface area contributed by atoms with Crippen molar-refractivity contribution in [3.63, 3.8) is 0 Å². The third-order valence-corrected chi connectivity index (χ3v) is 23.9. The fourth-order valence-corrected chi connectivity index (χ4v) is 15.9. The van der Waals surface area contributed by atoms with Crippen molar-refractivity contribution >= 4 is 56.7 Å². The fourth-order valence-electron chi connectivity index (χ4n) is 4.97. The Balaban J connectivity index is 1.85. The van der Waals surface area contributed by atoms with Crippen LogP contribution in [0, 0.1) is 0 Å². The van der Waals surface area contributed by atoms with Gasteiger partial charge in [-0.2, -0.15) is 0 Å². The Morgan fingerprint density at radius 3 is 1.56 bits per heavy atom. The molecule has 4 aromatic rings. The second-order valence-electron chi connectivity index (χ2n) is 9.98. The molecule has 1 atom stereocenters. The normalized spacial score (nSPS) is 14.1. The van der Waals surface area contributed by atoms with Crippen LogP contribution < -0.4 is 15.6 Å². The van der Waals surface area contributed by atoms with E-state index in [4.69, 9.17) is 0 Å². The zero-order valence-electron chi connectivity index (χ0n) is 19.8. The van der Waals surface area contributed by atoms with Crippen molar-refractivity contribution in [3.8, 4) is 0 Å². The Morgan fingerprint density at radius 2 is 1.06 bits per heavy atom. The number of benzene rings is 4. The predicted molar refractivity (Wildman–Crippen MR) is 146 cm³/mol. The molecule has 3 heteroatoms. The molecule has 0 nitrogen and oxygen atoms in total. The number of hydrogen-bond acceptors (Lipinski definition) is 0. The molecule has 4 aromatic carbocycles. The maximum absolute atomic E-state index is 2.48. The minimum absolute atomic E-state index is 0.278. The molecule has 0 N–H and O–H groups in total. The molecular weight excluding hydrogens is 427 g/mol. The average molecular weight is 459 g/mol. The Kier molecular flexibility index (Phi) is 7.38. The van der Waals surface area contributed by atoms with Crippen LogP contribution in [-0.2, 0) is 0 Å². The van der Waals surface area contributed by atoms with Crippen molar-refractivity contribution in [2.24, 2.45) is 0 Å². The summed E-state index contributed by atoms with van der Waals surface area (Å²) in [5.74, 6) is 0. The first-order chi connectivity index (χ1) is 15.4. The van der Waals surface area contributed by atoms with Gasteiger partial charge in [0, 0.05) is 0 Å². The fraction of sp³-hybridized carbons (Fsp3) is 0.172. The van der Waals surface area contributed by atoms with Crippen LogP contribution in [0.15, 0.2) is 115 Å². The molecule has 4 rings (SSSR count). The SMILES string of the molecule is CC(C)(C)[Si]([Na])(c1ccccc1)c1ccccc1[SiH2]C(c1ccccc1)c1ccccc1. The molecule has 0 bridgehead atoms. The van der Waals surface area contributed by atoms with Crippen LogP contribution in [0.3, 0.4) is 0 Å². The summed E-state index contributed by atoms with van der Waals surface area (Å²) >= 11 is 1.20. The predicted octanol–water partition coefficient (Wildman–Crippen LogP) is 4.30. The Morgan fingerprint density at radius 1 is 0.625 bits per heavy atom. The van der Waals surface area contributed by atoms with Gasteiger partial charge in [0.2, 0.25) is 0 Å². The zero-order chi connectivity index (χ0) is 22.6. The van der Waals surface area contributed by atoms with E-state index in [0.717, 1.165) is 0 Å². The Hall–Kier alpha value is -1.69. The third-order valence-electron chi connectivity index (χ3n) is 7.24. The molecule has 0 fully saturated rings. The molecule has 0 heterocycles. The molecule has 0 aromatic heterocycles. The van der Waals surface area contributed by atoms with E-state index >= 15 is 0 Å². The van der Waals surface area contributed by atoms with Crippen molar-refractivity contribution in [1.82, 2.24) is 0 Å². The second-order valence-corrected chi connectivity index (χ2v) is 21.3. The van der Waals surface area contributed by atoms with Crippen LogP contribution >= 0.6 is 0 Å². The molecule has 0 saturated carbocycles. The van der Waals surface area contributed by atoms with Crippen molar-refractivity contribution in [2.75, 3.05) is 0 Å². The van der Waals surface area contributed by atoms with Gasteiger partial charge < -0.3 is 0 Å². The molecule has 0 aliphatic carbocycles. The molecular formula is C29H31NaSi2. The van der Waals surface area contributed by atoms with Crippen LogP contribution in [0.25, 0.3) is 0 Å². The second kappa shape index (κ2) is 10.1. The van der Waals surface area contributed by atoms with Crippen molar-refractivity contribution < 1.29 is 0 Å². The summed E-state index contributed by atoms with van der Waals surface area (Å²) in [7, 11) is -0.609. The summed E-state index contributed by atoms with van der Waals surface area (Å²) in [6.07, 6.45) is 0. The van der Waals surface area contributed by atoms with E-state index in [2.05, 4.69) is 136 Å². The van der Waals surface area contributed by atoms with Crippen LogP contribution in [0.2, 0.25) is 5.04 Å². The molecule has 0 spiro atoms. The molecule has 32 heavy (non-hydrogen) atoms. The molecule has 0 aliphatic heterocycles. The molecule has 0 aliphatic rings. The molecule has 0 amide bonds. The van der Waals surface area contributed by atoms with Crippen molar-refractivity contribution in [3.05, 3.63) is 126 Å². The first kappa shape index (κ1) is 23.5. The summed E-state index contributed by atoms with van der Waals surface area (Å²) < 4.78 is -1.84. The van der Waals surface area contributed by atoms with Crippen LogP contribution in [0.4, 0.5) is 0 Å². The first-order valence-corrected chi connectivity index (χ1v) is 18.7. The summed E-state index contributed by atoms with van der Waals surface area (Å²) in [4.78, 5) is 0. The van der Waals surface area contributed by atoms with Gasteiger partial charge in [0.05, 0.1) is 0 Å². The van der Waals surface area contributed by atoms with E-state index in [9.17, 15) is 0 Å². The van der Waals surface area contributed by atoms with Gasteiger partial charge in [0.15, 0.2) is 0 Å². The van der Waals surface area contributed by atoms with Crippen LogP contribution in [-0.4, -0.2) is 41.2 Å². The van der Waals surface area contributed by atoms with E-state index in [1.807, 2.05) is 0 Å². The summed E-state index contributed by atoms with van der Waals surface area (Å²) in [5, 5.41) is 5.22. The zero-order valence-corrected chi connectivity index (χ0v) is 24.2. The van der Waals surface area contributed by atoms with Gasteiger partial charge in [-0.05, 0) is 0 Å². The summed E-state index contributed by atoms with van der Waals surface area (Å²) in [6, 6.07) is 43.2. The van der Waals surface area contributed by atoms with Crippen molar-refractivity contribution in [2.45, 2.75) is 31.4 Å². The standard InChI is InChI=1S/C29H31Si2.Na/c1-29(2,3)31(25-19-11-6-12-20-25)27-22-14-13-21-26(27)30-28(23-15-7-4-8-16-23)24-17-9-5-10-18-24;/h4-22,28H,30H2,1-3H3;. The van der Waals surface area contributed by atoms with E-state index < -0.39 is 14.2 Å². The quantitative estimate of drug-likeness (QED) is 0.378. The summed E-state index contributed by atoms with van der Waals surface area (Å²) in [5.41, 5.74) is 3.40. The first-order valence-electron chi connectivity index (χ1n) is 11.6. The van der Waals surface area contributed by atoms with E-state index in [1.165, 1.54) is 38.2 Å². The van der Waals surface area contributed by atoms with Gasteiger partial charge in [-0.25, -0.2) is 0 Å². The van der Waals surface area contributed by atoms with Gasteiger partial charge in [-0.1, -0.05) is 0 Å². The van der Waals surface area contributed by atoms with E-state index in [-0.39, 0.29) is 5.04 Å². The number of rotatable bonds is 6. The molecule has 0 saturated heterocycles. The summed E-state index contributed by atoms with van der Waals surface area (Å²) in [6.45, 7) is 7.43. The molecule has 0 radical (unpaired) electrons. The van der Waals surface area contributed by atoms with E-state index in [0.29, 0.717) is 5.54 Å². The van der Waals surface area contributed by atoms with E-state index in [1.54, 1.807) is 15.6 Å². The Bertz CT molecular complexity index is 1100. The average Bonchev–Trinajstić information content (AvgIpc) is 2.83. The Labute approximate surface area is 213 Å². The van der Waals surface area contributed by atoms with Gasteiger partial charge >= 0.3 is 214 Å². The van der Waals surface area contributed by atoms with Gasteiger partial charge in [-0.15, -0.1) is 0 Å². The van der Waals surface area contributed by atoms with Crippen LogP contribution in [0.1, 0.15) is 37.4 Å².